The Morgan fingerprint density at radius 3 is 2.43 bits per heavy atom. The molecule has 0 radical (unpaired) electrons. The maximum atomic E-state index is 12.1. The number of ether oxygens (including phenoxy) is 1. The molecule has 0 saturated carbocycles. The number of carbonyl (C=O) groups is 2. The van der Waals surface area contributed by atoms with Crippen molar-refractivity contribution < 1.29 is 14.3 Å². The van der Waals surface area contributed by atoms with Gasteiger partial charge in [-0.25, -0.2) is 4.79 Å². The molecule has 0 unspecified atom stereocenters. The van der Waals surface area contributed by atoms with Crippen LogP contribution in [0.25, 0.3) is 16.8 Å². The van der Waals surface area contributed by atoms with Crippen LogP contribution in [0.1, 0.15) is 30.9 Å². The molecule has 3 aromatic carbocycles. The molecular formula is C24H23NO3. The zero-order chi connectivity index (χ0) is 19.9. The first kappa shape index (κ1) is 19.4. The fourth-order valence-corrected chi connectivity index (χ4v) is 2.86. The lowest BCUT2D eigenvalue weighted by molar-refractivity contribution is -0.142. The summed E-state index contributed by atoms with van der Waals surface area (Å²) in [6.07, 6.45) is 3.00. The molecule has 0 atom stereocenters. The van der Waals surface area contributed by atoms with Gasteiger partial charge in [-0.1, -0.05) is 74.5 Å². The van der Waals surface area contributed by atoms with E-state index in [2.05, 4.69) is 19.2 Å². The van der Waals surface area contributed by atoms with Gasteiger partial charge in [-0.05, 0) is 34.6 Å². The molecule has 4 nitrogen and oxygen atoms in total. The van der Waals surface area contributed by atoms with Crippen LogP contribution in [0.2, 0.25) is 0 Å². The van der Waals surface area contributed by atoms with E-state index in [1.807, 2.05) is 66.7 Å². The van der Waals surface area contributed by atoms with Crippen LogP contribution in [0.5, 0.6) is 0 Å². The number of hydrogen-bond acceptors (Lipinski definition) is 3. The first-order valence-corrected chi connectivity index (χ1v) is 9.25. The molecule has 0 aliphatic heterocycles. The number of amides is 1. The highest BCUT2D eigenvalue weighted by molar-refractivity contribution is 6.03. The fourth-order valence-electron chi connectivity index (χ4n) is 2.86. The summed E-state index contributed by atoms with van der Waals surface area (Å²) in [4.78, 5) is 24.0. The van der Waals surface area contributed by atoms with Crippen LogP contribution < -0.4 is 5.32 Å². The number of rotatable bonds is 6. The monoisotopic (exact) mass is 373 g/mol. The van der Waals surface area contributed by atoms with E-state index < -0.39 is 5.97 Å². The summed E-state index contributed by atoms with van der Waals surface area (Å²) in [6.45, 7) is 3.93. The average Bonchev–Trinajstić information content (AvgIpc) is 2.71. The van der Waals surface area contributed by atoms with Gasteiger partial charge in [0.25, 0.3) is 5.91 Å². The molecule has 0 heterocycles. The van der Waals surface area contributed by atoms with Gasteiger partial charge in [-0.2, -0.15) is 0 Å². The van der Waals surface area contributed by atoms with Gasteiger partial charge in [0.05, 0.1) is 0 Å². The minimum absolute atomic E-state index is 0.335. The van der Waals surface area contributed by atoms with Gasteiger partial charge in [-0.15, -0.1) is 0 Å². The molecule has 28 heavy (non-hydrogen) atoms. The molecular weight excluding hydrogens is 350 g/mol. The number of nitrogens with one attached hydrogen (secondary N) is 1. The highest BCUT2D eigenvalue weighted by Crippen LogP contribution is 2.22. The third-order valence-corrected chi connectivity index (χ3v) is 4.42. The molecule has 142 valence electrons. The Kier molecular flexibility index (Phi) is 6.22. The Bertz CT molecular complexity index is 999. The summed E-state index contributed by atoms with van der Waals surface area (Å²) in [5.41, 5.74) is 2.84. The maximum absolute atomic E-state index is 12.1. The van der Waals surface area contributed by atoms with E-state index in [-0.39, 0.29) is 12.5 Å². The van der Waals surface area contributed by atoms with Crippen LogP contribution >= 0.6 is 0 Å². The van der Waals surface area contributed by atoms with Gasteiger partial charge in [-0.3, -0.25) is 4.79 Å². The van der Waals surface area contributed by atoms with Crippen molar-refractivity contribution in [2.75, 3.05) is 11.9 Å². The van der Waals surface area contributed by atoms with E-state index >= 15 is 0 Å². The zero-order valence-corrected chi connectivity index (χ0v) is 16.0. The highest BCUT2D eigenvalue weighted by Gasteiger charge is 2.08. The Morgan fingerprint density at radius 1 is 0.964 bits per heavy atom. The van der Waals surface area contributed by atoms with Crippen LogP contribution in [0.4, 0.5) is 5.69 Å². The lowest BCUT2D eigenvalue weighted by Crippen LogP contribution is -2.20. The van der Waals surface area contributed by atoms with Crippen molar-refractivity contribution in [2.24, 2.45) is 0 Å². The number of carbonyl (C=O) groups excluding carboxylic acids is 2. The third kappa shape index (κ3) is 5.07. The molecule has 3 rings (SSSR count). The molecule has 1 N–H and O–H groups in total. The van der Waals surface area contributed by atoms with Crippen LogP contribution in [0.3, 0.4) is 0 Å². The minimum atomic E-state index is -0.555. The van der Waals surface area contributed by atoms with Crippen molar-refractivity contribution in [2.45, 2.75) is 19.8 Å². The second-order valence-electron chi connectivity index (χ2n) is 6.84. The van der Waals surface area contributed by atoms with Crippen molar-refractivity contribution in [1.82, 2.24) is 0 Å². The van der Waals surface area contributed by atoms with Crippen molar-refractivity contribution in [3.8, 4) is 0 Å². The van der Waals surface area contributed by atoms with Crippen molar-refractivity contribution in [3.63, 3.8) is 0 Å². The molecule has 0 fully saturated rings. The molecule has 0 aliphatic carbocycles. The summed E-state index contributed by atoms with van der Waals surface area (Å²) in [7, 11) is 0. The Morgan fingerprint density at radius 2 is 1.68 bits per heavy atom. The second-order valence-corrected chi connectivity index (χ2v) is 6.84. The number of anilines is 1. The maximum Gasteiger partial charge on any atom is 0.331 e. The molecule has 1 amide bonds. The van der Waals surface area contributed by atoms with Crippen LogP contribution in [-0.4, -0.2) is 18.5 Å². The number of benzene rings is 3. The largest absolute Gasteiger partial charge is 0.452 e. The summed E-state index contributed by atoms with van der Waals surface area (Å²) in [6, 6.07) is 21.4. The molecule has 0 saturated heterocycles. The number of esters is 1. The van der Waals surface area contributed by atoms with E-state index in [0.717, 1.165) is 16.3 Å². The normalized spacial score (nSPS) is 11.1. The van der Waals surface area contributed by atoms with Crippen molar-refractivity contribution in [1.29, 1.82) is 0 Å². The van der Waals surface area contributed by atoms with Gasteiger partial charge in [0.15, 0.2) is 6.61 Å². The standard InChI is InChI=1S/C24H23NO3/c1-17(2)19-13-10-18(11-14-19)12-15-24(27)28-16-23(26)25-22-9-5-7-20-6-3-4-8-21(20)22/h3-15,17H,16H2,1-2H3,(H,25,26)/b15-12+. The lowest BCUT2D eigenvalue weighted by Gasteiger charge is -2.08. The van der Waals surface area contributed by atoms with Crippen molar-refractivity contribution >= 4 is 34.4 Å². The first-order chi connectivity index (χ1) is 13.5. The first-order valence-electron chi connectivity index (χ1n) is 9.25. The van der Waals surface area contributed by atoms with E-state index in [1.165, 1.54) is 11.6 Å². The quantitative estimate of drug-likeness (QED) is 0.480. The smallest absolute Gasteiger partial charge is 0.331 e. The minimum Gasteiger partial charge on any atom is -0.452 e. The zero-order valence-electron chi connectivity index (χ0n) is 16.0. The van der Waals surface area contributed by atoms with Gasteiger partial charge in [0, 0.05) is 17.1 Å². The van der Waals surface area contributed by atoms with E-state index in [1.54, 1.807) is 6.08 Å². The van der Waals surface area contributed by atoms with Gasteiger partial charge < -0.3 is 10.1 Å². The predicted octanol–water partition coefficient (Wildman–Crippen LogP) is 5.16. The van der Waals surface area contributed by atoms with E-state index in [9.17, 15) is 9.59 Å². The summed E-state index contributed by atoms with van der Waals surface area (Å²) in [5, 5.41) is 4.76. The average molecular weight is 373 g/mol. The van der Waals surface area contributed by atoms with Crippen LogP contribution in [0, 0.1) is 0 Å². The Balaban J connectivity index is 1.53. The van der Waals surface area contributed by atoms with E-state index in [0.29, 0.717) is 11.6 Å². The summed E-state index contributed by atoms with van der Waals surface area (Å²) >= 11 is 0. The lowest BCUT2D eigenvalue weighted by atomic mass is 10.0. The topological polar surface area (TPSA) is 55.4 Å². The fraction of sp³-hybridized carbons (Fsp3) is 0.167. The third-order valence-electron chi connectivity index (χ3n) is 4.42. The van der Waals surface area contributed by atoms with E-state index in [4.69, 9.17) is 4.74 Å². The molecule has 4 heteroatoms. The summed E-state index contributed by atoms with van der Waals surface area (Å²) in [5.74, 6) is -0.469. The molecule has 0 aliphatic rings. The van der Waals surface area contributed by atoms with Crippen LogP contribution in [-0.2, 0) is 14.3 Å². The molecule has 0 aromatic heterocycles. The molecule has 0 spiro atoms. The summed E-state index contributed by atoms with van der Waals surface area (Å²) < 4.78 is 5.03. The highest BCUT2D eigenvalue weighted by atomic mass is 16.5. The Hall–Kier alpha value is -3.40. The molecule has 3 aromatic rings. The van der Waals surface area contributed by atoms with Gasteiger partial charge >= 0.3 is 5.97 Å². The van der Waals surface area contributed by atoms with Gasteiger partial charge in [0.2, 0.25) is 0 Å². The SMILES string of the molecule is CC(C)c1ccc(/C=C/C(=O)OCC(=O)Nc2cccc3ccccc23)cc1. The number of fused-ring (bicyclic) bond motifs is 1. The number of hydrogen-bond donors (Lipinski definition) is 1. The van der Waals surface area contributed by atoms with Crippen molar-refractivity contribution in [3.05, 3.63) is 83.9 Å². The second kappa shape index (κ2) is 9.00. The molecule has 0 bridgehead atoms. The predicted molar refractivity (Wildman–Crippen MR) is 113 cm³/mol. The van der Waals surface area contributed by atoms with Gasteiger partial charge in [0.1, 0.15) is 0 Å². The Labute approximate surface area is 164 Å². The van der Waals surface area contributed by atoms with Crippen LogP contribution in [0.15, 0.2) is 72.8 Å².